The quantitative estimate of drug-likeness (QED) is 0.776. The first-order chi connectivity index (χ1) is 9.95. The Morgan fingerprint density at radius 2 is 1.81 bits per heavy atom. The van der Waals surface area contributed by atoms with Gasteiger partial charge in [-0.2, -0.15) is 0 Å². The molecular formula is C16H16N2O2S. The summed E-state index contributed by atoms with van der Waals surface area (Å²) in [6.07, 6.45) is 1.83. The molecule has 3 rings (SSSR count). The Labute approximate surface area is 123 Å². The third kappa shape index (κ3) is 2.64. The van der Waals surface area contributed by atoms with Gasteiger partial charge in [0.15, 0.2) is 0 Å². The molecule has 3 aromatic rings. The molecule has 0 spiro atoms. The van der Waals surface area contributed by atoms with Crippen molar-refractivity contribution in [2.75, 3.05) is 4.72 Å². The molecule has 1 aromatic heterocycles. The first-order valence-electron chi connectivity index (χ1n) is 6.63. The van der Waals surface area contributed by atoms with Crippen LogP contribution in [-0.4, -0.2) is 13.4 Å². The van der Waals surface area contributed by atoms with Gasteiger partial charge in [0.2, 0.25) is 0 Å². The van der Waals surface area contributed by atoms with Crippen LogP contribution in [0.5, 0.6) is 0 Å². The Bertz CT molecular complexity index is 911. The summed E-state index contributed by atoms with van der Waals surface area (Å²) in [5.74, 6) is 0. The molecule has 2 aromatic carbocycles. The number of aromatic amines is 1. The molecule has 0 amide bonds. The van der Waals surface area contributed by atoms with Crippen molar-refractivity contribution in [2.45, 2.75) is 18.7 Å². The summed E-state index contributed by atoms with van der Waals surface area (Å²) in [5.41, 5.74) is 3.32. The number of rotatable bonds is 3. The second-order valence-corrected chi connectivity index (χ2v) is 6.80. The molecular weight excluding hydrogens is 284 g/mol. The van der Waals surface area contributed by atoms with Gasteiger partial charge in [0.25, 0.3) is 10.0 Å². The summed E-state index contributed by atoms with van der Waals surface area (Å²) in [6, 6.07) is 12.6. The van der Waals surface area contributed by atoms with Crippen molar-refractivity contribution in [3.8, 4) is 0 Å². The van der Waals surface area contributed by atoms with Gasteiger partial charge in [0, 0.05) is 22.8 Å². The number of hydrogen-bond acceptors (Lipinski definition) is 2. The van der Waals surface area contributed by atoms with Gasteiger partial charge in [-0.15, -0.1) is 0 Å². The van der Waals surface area contributed by atoms with E-state index in [4.69, 9.17) is 0 Å². The molecule has 2 N–H and O–H groups in total. The zero-order chi connectivity index (χ0) is 15.0. The lowest BCUT2D eigenvalue weighted by atomic mass is 10.2. The Hall–Kier alpha value is -2.27. The van der Waals surface area contributed by atoms with Gasteiger partial charge in [-0.1, -0.05) is 17.7 Å². The SMILES string of the molecule is Cc1ccc(S(=O)(=O)Nc2ccc3[nH]ccc3c2)c(C)c1. The van der Waals surface area contributed by atoms with Crippen LogP contribution in [0.3, 0.4) is 0 Å². The summed E-state index contributed by atoms with van der Waals surface area (Å²) in [4.78, 5) is 3.39. The minimum absolute atomic E-state index is 0.308. The molecule has 0 bridgehead atoms. The van der Waals surface area contributed by atoms with Crippen LogP contribution in [0.2, 0.25) is 0 Å². The zero-order valence-electron chi connectivity index (χ0n) is 11.8. The lowest BCUT2D eigenvalue weighted by molar-refractivity contribution is 0.600. The van der Waals surface area contributed by atoms with Crippen LogP contribution in [0, 0.1) is 13.8 Å². The Balaban J connectivity index is 1.98. The van der Waals surface area contributed by atoms with Crippen LogP contribution in [0.1, 0.15) is 11.1 Å². The fraction of sp³-hybridized carbons (Fsp3) is 0.125. The minimum atomic E-state index is -3.57. The van der Waals surface area contributed by atoms with E-state index < -0.39 is 10.0 Å². The molecule has 5 heteroatoms. The van der Waals surface area contributed by atoms with E-state index in [1.165, 1.54) is 0 Å². The lowest BCUT2D eigenvalue weighted by Crippen LogP contribution is -2.14. The topological polar surface area (TPSA) is 62.0 Å². The summed E-state index contributed by atoms with van der Waals surface area (Å²) in [6.45, 7) is 3.74. The molecule has 21 heavy (non-hydrogen) atoms. The Morgan fingerprint density at radius 1 is 1.00 bits per heavy atom. The second kappa shape index (κ2) is 4.93. The highest BCUT2D eigenvalue weighted by Gasteiger charge is 2.17. The predicted octanol–water partition coefficient (Wildman–Crippen LogP) is 3.59. The normalized spacial score (nSPS) is 11.7. The number of benzene rings is 2. The third-order valence-corrected chi connectivity index (χ3v) is 4.97. The standard InChI is InChI=1S/C16H16N2O2S/c1-11-3-6-16(12(2)9-11)21(19,20)18-14-4-5-15-13(10-14)7-8-17-15/h3-10,17-18H,1-2H3. The maximum Gasteiger partial charge on any atom is 0.262 e. The van der Waals surface area contributed by atoms with Crippen LogP contribution in [0.4, 0.5) is 5.69 Å². The molecule has 0 unspecified atom stereocenters. The van der Waals surface area contributed by atoms with Gasteiger partial charge in [0.1, 0.15) is 0 Å². The molecule has 0 saturated carbocycles. The maximum absolute atomic E-state index is 12.5. The monoisotopic (exact) mass is 300 g/mol. The molecule has 0 atom stereocenters. The van der Waals surface area contributed by atoms with Crippen LogP contribution in [0.15, 0.2) is 53.6 Å². The van der Waals surface area contributed by atoms with Crippen molar-refractivity contribution in [2.24, 2.45) is 0 Å². The summed E-state index contributed by atoms with van der Waals surface area (Å²) >= 11 is 0. The smallest absolute Gasteiger partial charge is 0.262 e. The van der Waals surface area contributed by atoms with E-state index in [9.17, 15) is 8.42 Å². The highest BCUT2D eigenvalue weighted by atomic mass is 32.2. The van der Waals surface area contributed by atoms with Crippen LogP contribution in [-0.2, 0) is 10.0 Å². The van der Waals surface area contributed by atoms with Gasteiger partial charge < -0.3 is 4.98 Å². The summed E-state index contributed by atoms with van der Waals surface area (Å²) < 4.78 is 27.6. The molecule has 0 aliphatic rings. The predicted molar refractivity (Wildman–Crippen MR) is 85.0 cm³/mol. The fourth-order valence-electron chi connectivity index (χ4n) is 2.43. The summed E-state index contributed by atoms with van der Waals surface area (Å²) in [5, 5.41) is 0.968. The molecule has 0 fully saturated rings. The fourth-order valence-corrected chi connectivity index (χ4v) is 3.70. The van der Waals surface area contributed by atoms with Gasteiger partial charge >= 0.3 is 0 Å². The van der Waals surface area contributed by atoms with Crippen molar-refractivity contribution < 1.29 is 8.42 Å². The number of aryl methyl sites for hydroxylation is 2. The molecule has 0 aliphatic carbocycles. The number of anilines is 1. The van der Waals surface area contributed by atoms with Crippen molar-refractivity contribution >= 4 is 26.6 Å². The van der Waals surface area contributed by atoms with Crippen LogP contribution >= 0.6 is 0 Å². The number of sulfonamides is 1. The minimum Gasteiger partial charge on any atom is -0.361 e. The van der Waals surface area contributed by atoms with Gasteiger partial charge in [0.05, 0.1) is 4.90 Å². The molecule has 0 saturated heterocycles. The highest BCUT2D eigenvalue weighted by Crippen LogP contribution is 2.23. The molecule has 0 radical (unpaired) electrons. The van der Waals surface area contributed by atoms with Crippen molar-refractivity contribution in [1.29, 1.82) is 0 Å². The third-order valence-electron chi connectivity index (χ3n) is 3.43. The second-order valence-electron chi connectivity index (χ2n) is 5.15. The Kier molecular flexibility index (Phi) is 3.22. The first-order valence-corrected chi connectivity index (χ1v) is 8.11. The average Bonchev–Trinajstić information content (AvgIpc) is 2.85. The van der Waals surface area contributed by atoms with E-state index in [2.05, 4.69) is 9.71 Å². The van der Waals surface area contributed by atoms with Crippen molar-refractivity contribution in [1.82, 2.24) is 4.98 Å². The van der Waals surface area contributed by atoms with E-state index >= 15 is 0 Å². The number of nitrogens with one attached hydrogen (secondary N) is 2. The van der Waals surface area contributed by atoms with Gasteiger partial charge in [-0.25, -0.2) is 8.42 Å². The zero-order valence-corrected chi connectivity index (χ0v) is 12.7. The number of hydrogen-bond donors (Lipinski definition) is 2. The lowest BCUT2D eigenvalue weighted by Gasteiger charge is -2.11. The van der Waals surface area contributed by atoms with E-state index in [0.717, 1.165) is 22.0 Å². The van der Waals surface area contributed by atoms with E-state index in [1.54, 1.807) is 25.1 Å². The molecule has 1 heterocycles. The summed E-state index contributed by atoms with van der Waals surface area (Å²) in [7, 11) is -3.57. The van der Waals surface area contributed by atoms with E-state index in [-0.39, 0.29) is 0 Å². The average molecular weight is 300 g/mol. The Morgan fingerprint density at radius 3 is 2.57 bits per heavy atom. The van der Waals surface area contributed by atoms with Crippen molar-refractivity contribution in [3.63, 3.8) is 0 Å². The number of fused-ring (bicyclic) bond motifs is 1. The first kappa shape index (κ1) is 13.7. The van der Waals surface area contributed by atoms with Crippen LogP contribution < -0.4 is 4.72 Å². The van der Waals surface area contributed by atoms with Crippen LogP contribution in [0.25, 0.3) is 10.9 Å². The molecule has 0 aliphatic heterocycles. The largest absolute Gasteiger partial charge is 0.361 e. The van der Waals surface area contributed by atoms with Gasteiger partial charge in [-0.3, -0.25) is 4.72 Å². The van der Waals surface area contributed by atoms with E-state index in [0.29, 0.717) is 10.6 Å². The van der Waals surface area contributed by atoms with Crippen molar-refractivity contribution in [3.05, 3.63) is 59.8 Å². The molecule has 4 nitrogen and oxygen atoms in total. The highest BCUT2D eigenvalue weighted by molar-refractivity contribution is 7.92. The molecule has 108 valence electrons. The number of H-pyrrole nitrogens is 1. The van der Waals surface area contributed by atoms with E-state index in [1.807, 2.05) is 37.4 Å². The van der Waals surface area contributed by atoms with Gasteiger partial charge in [-0.05, 0) is 49.7 Å². The maximum atomic E-state index is 12.5. The number of aromatic nitrogens is 1.